The van der Waals surface area contributed by atoms with Gasteiger partial charge in [0, 0.05) is 6.92 Å². The number of ether oxygens (including phenoxy) is 1. The third-order valence-corrected chi connectivity index (χ3v) is 2.75. The zero-order chi connectivity index (χ0) is 14.7. The molecule has 1 heterocycles. The lowest BCUT2D eigenvalue weighted by molar-refractivity contribution is -0.129. The number of amides is 3. The third kappa shape index (κ3) is 2.87. The van der Waals surface area contributed by atoms with E-state index in [2.05, 4.69) is 10.9 Å². The van der Waals surface area contributed by atoms with Crippen LogP contribution in [0.5, 0.6) is 5.75 Å². The molecule has 2 N–H and O–H groups in total. The minimum atomic E-state index is -0.654. The van der Waals surface area contributed by atoms with Crippen LogP contribution < -0.4 is 20.5 Å². The molecule has 1 aliphatic rings. The third-order valence-electron chi connectivity index (χ3n) is 2.75. The zero-order valence-electron chi connectivity index (χ0n) is 11.2. The van der Waals surface area contributed by atoms with Gasteiger partial charge in [-0.2, -0.15) is 0 Å². The maximum absolute atomic E-state index is 12.1. The Morgan fingerprint density at radius 3 is 2.70 bits per heavy atom. The van der Waals surface area contributed by atoms with Crippen molar-refractivity contribution in [3.63, 3.8) is 0 Å². The van der Waals surface area contributed by atoms with Gasteiger partial charge in [0.1, 0.15) is 12.3 Å². The summed E-state index contributed by atoms with van der Waals surface area (Å²) in [6.45, 7) is 2.71. The standard InChI is InChI=1S/C13H15N3O4/c1-8-13(19)16(7-12(18)15-14-9(2)17)10-5-3-4-6-11(10)20-8/h3-6,8H,7H2,1-2H3,(H,14,17)(H,15,18)/t8-/m0/s1. The molecule has 20 heavy (non-hydrogen) atoms. The predicted octanol–water partition coefficient (Wildman–Crippen LogP) is -0.0322. The topological polar surface area (TPSA) is 87.7 Å². The fourth-order valence-electron chi connectivity index (χ4n) is 1.86. The van der Waals surface area contributed by atoms with Gasteiger partial charge in [-0.15, -0.1) is 0 Å². The molecule has 7 heteroatoms. The summed E-state index contributed by atoms with van der Waals surface area (Å²) < 4.78 is 5.46. The van der Waals surface area contributed by atoms with Gasteiger partial charge in [-0.3, -0.25) is 30.1 Å². The van der Waals surface area contributed by atoms with Gasteiger partial charge in [-0.25, -0.2) is 0 Å². The lowest BCUT2D eigenvalue weighted by atomic mass is 10.2. The number of hydrogen-bond donors (Lipinski definition) is 2. The molecule has 0 radical (unpaired) electrons. The minimum Gasteiger partial charge on any atom is -0.479 e. The highest BCUT2D eigenvalue weighted by Gasteiger charge is 2.32. The summed E-state index contributed by atoms with van der Waals surface area (Å²) in [5.74, 6) is -0.633. The van der Waals surface area contributed by atoms with E-state index in [0.29, 0.717) is 11.4 Å². The van der Waals surface area contributed by atoms with Crippen molar-refractivity contribution in [2.75, 3.05) is 11.4 Å². The maximum atomic E-state index is 12.1. The molecule has 7 nitrogen and oxygen atoms in total. The first-order valence-corrected chi connectivity index (χ1v) is 6.11. The molecule has 106 valence electrons. The van der Waals surface area contributed by atoms with Crippen LogP contribution in [0, 0.1) is 0 Å². The van der Waals surface area contributed by atoms with Crippen molar-refractivity contribution < 1.29 is 19.1 Å². The van der Waals surface area contributed by atoms with Gasteiger partial charge in [-0.1, -0.05) is 12.1 Å². The van der Waals surface area contributed by atoms with E-state index in [0.717, 1.165) is 0 Å². The summed E-state index contributed by atoms with van der Waals surface area (Å²) in [6.07, 6.45) is -0.654. The molecule has 0 unspecified atom stereocenters. The van der Waals surface area contributed by atoms with E-state index in [1.807, 2.05) is 0 Å². The molecule has 1 aromatic carbocycles. The highest BCUT2D eigenvalue weighted by atomic mass is 16.5. The molecule has 0 spiro atoms. The minimum absolute atomic E-state index is 0.191. The summed E-state index contributed by atoms with van der Waals surface area (Å²) in [6, 6.07) is 6.98. The smallest absolute Gasteiger partial charge is 0.268 e. The van der Waals surface area contributed by atoms with Crippen LogP contribution in [-0.2, 0) is 14.4 Å². The van der Waals surface area contributed by atoms with E-state index in [9.17, 15) is 14.4 Å². The number of anilines is 1. The monoisotopic (exact) mass is 277 g/mol. The number of rotatable bonds is 2. The van der Waals surface area contributed by atoms with Crippen LogP contribution >= 0.6 is 0 Å². The second-order valence-corrected chi connectivity index (χ2v) is 4.38. The molecule has 0 aliphatic carbocycles. The van der Waals surface area contributed by atoms with E-state index in [1.165, 1.54) is 11.8 Å². The quantitative estimate of drug-likeness (QED) is 0.743. The van der Waals surface area contributed by atoms with E-state index >= 15 is 0 Å². The first kappa shape index (κ1) is 13.9. The Hall–Kier alpha value is -2.57. The Balaban J connectivity index is 2.15. The van der Waals surface area contributed by atoms with Crippen molar-refractivity contribution in [3.8, 4) is 5.75 Å². The molecular formula is C13H15N3O4. The molecule has 0 bridgehead atoms. The van der Waals surface area contributed by atoms with Gasteiger partial charge < -0.3 is 4.74 Å². The first-order chi connectivity index (χ1) is 9.49. The van der Waals surface area contributed by atoms with Gasteiger partial charge in [0.25, 0.3) is 11.8 Å². The average molecular weight is 277 g/mol. The van der Waals surface area contributed by atoms with Crippen molar-refractivity contribution in [3.05, 3.63) is 24.3 Å². The molecule has 2 rings (SSSR count). The van der Waals surface area contributed by atoms with Gasteiger partial charge in [0.15, 0.2) is 6.10 Å². The van der Waals surface area contributed by atoms with E-state index in [4.69, 9.17) is 4.74 Å². The Kier molecular flexibility index (Phi) is 3.88. The van der Waals surface area contributed by atoms with Crippen LogP contribution in [0.4, 0.5) is 5.69 Å². The number of carbonyl (C=O) groups excluding carboxylic acids is 3. The summed E-state index contributed by atoms with van der Waals surface area (Å²) in [4.78, 5) is 35.9. The number of hydrazine groups is 1. The Bertz CT molecular complexity index is 558. The molecule has 3 amide bonds. The number of fused-ring (bicyclic) bond motifs is 1. The number of hydrogen-bond acceptors (Lipinski definition) is 4. The first-order valence-electron chi connectivity index (χ1n) is 6.11. The Morgan fingerprint density at radius 1 is 1.30 bits per heavy atom. The van der Waals surface area contributed by atoms with Gasteiger partial charge in [0.05, 0.1) is 5.69 Å². The highest BCUT2D eigenvalue weighted by Crippen LogP contribution is 2.33. The lowest BCUT2D eigenvalue weighted by Gasteiger charge is -2.32. The van der Waals surface area contributed by atoms with Crippen LogP contribution in [-0.4, -0.2) is 30.4 Å². The number of benzene rings is 1. The number of carbonyl (C=O) groups is 3. The van der Waals surface area contributed by atoms with Crippen LogP contribution in [0.15, 0.2) is 24.3 Å². The summed E-state index contributed by atoms with van der Waals surface area (Å²) in [5, 5.41) is 0. The van der Waals surface area contributed by atoms with E-state index in [1.54, 1.807) is 31.2 Å². The molecular weight excluding hydrogens is 262 g/mol. The molecule has 1 aromatic rings. The fraction of sp³-hybridized carbons (Fsp3) is 0.308. The molecule has 0 aromatic heterocycles. The number of nitrogens with zero attached hydrogens (tertiary/aromatic N) is 1. The van der Waals surface area contributed by atoms with Crippen molar-refractivity contribution in [1.29, 1.82) is 0 Å². The van der Waals surface area contributed by atoms with Crippen LogP contribution in [0.2, 0.25) is 0 Å². The van der Waals surface area contributed by atoms with Crippen LogP contribution in [0.1, 0.15) is 13.8 Å². The van der Waals surface area contributed by atoms with Gasteiger partial charge >= 0.3 is 0 Å². The van der Waals surface area contributed by atoms with Crippen LogP contribution in [0.25, 0.3) is 0 Å². The summed E-state index contributed by atoms with van der Waals surface area (Å²) >= 11 is 0. The molecule has 0 saturated heterocycles. The van der Waals surface area contributed by atoms with Crippen molar-refractivity contribution in [2.45, 2.75) is 20.0 Å². The normalized spacial score (nSPS) is 17.0. The maximum Gasteiger partial charge on any atom is 0.268 e. The number of para-hydroxylation sites is 2. The summed E-state index contributed by atoms with van der Waals surface area (Å²) in [5.41, 5.74) is 4.94. The number of nitrogens with one attached hydrogen (secondary N) is 2. The van der Waals surface area contributed by atoms with Crippen molar-refractivity contribution in [2.24, 2.45) is 0 Å². The van der Waals surface area contributed by atoms with E-state index in [-0.39, 0.29) is 18.4 Å². The second kappa shape index (κ2) is 5.60. The zero-order valence-corrected chi connectivity index (χ0v) is 11.2. The van der Waals surface area contributed by atoms with Crippen molar-refractivity contribution in [1.82, 2.24) is 10.9 Å². The van der Waals surface area contributed by atoms with E-state index < -0.39 is 12.0 Å². The lowest BCUT2D eigenvalue weighted by Crippen LogP contribution is -2.51. The Labute approximate surface area is 115 Å². The second-order valence-electron chi connectivity index (χ2n) is 4.38. The average Bonchev–Trinajstić information content (AvgIpc) is 2.41. The Morgan fingerprint density at radius 2 is 2.00 bits per heavy atom. The largest absolute Gasteiger partial charge is 0.479 e. The van der Waals surface area contributed by atoms with Crippen molar-refractivity contribution >= 4 is 23.4 Å². The predicted molar refractivity (Wildman–Crippen MR) is 70.8 cm³/mol. The fourth-order valence-corrected chi connectivity index (χ4v) is 1.86. The molecule has 0 fully saturated rings. The SMILES string of the molecule is CC(=O)NNC(=O)CN1C(=O)[C@H](C)Oc2ccccc21. The highest BCUT2D eigenvalue weighted by molar-refractivity contribution is 6.03. The van der Waals surface area contributed by atoms with Gasteiger partial charge in [0.2, 0.25) is 5.91 Å². The van der Waals surface area contributed by atoms with Crippen LogP contribution in [0.3, 0.4) is 0 Å². The summed E-state index contributed by atoms with van der Waals surface area (Å²) in [7, 11) is 0. The molecule has 1 atom stereocenters. The molecule has 1 aliphatic heterocycles. The van der Waals surface area contributed by atoms with Gasteiger partial charge in [-0.05, 0) is 19.1 Å². The molecule has 0 saturated carbocycles.